The van der Waals surface area contributed by atoms with Gasteiger partial charge in [0.25, 0.3) is 0 Å². The van der Waals surface area contributed by atoms with Gasteiger partial charge in [-0.15, -0.1) is 0 Å². The van der Waals surface area contributed by atoms with E-state index in [1.54, 1.807) is 6.08 Å². The molecule has 1 aromatic carbocycles. The fraction of sp³-hybridized carbons (Fsp3) is 0.641. The Morgan fingerprint density at radius 1 is 1.08 bits per heavy atom. The van der Waals surface area contributed by atoms with E-state index in [1.807, 2.05) is 38.2 Å². The van der Waals surface area contributed by atoms with Crippen LogP contribution in [0.1, 0.15) is 116 Å². The minimum absolute atomic E-state index is 0.00888. The Labute approximate surface area is 298 Å². The number of nitrogens with one attached hydrogen (secondary N) is 3. The molecular weight excluding hydrogens is 634 g/mol. The Kier molecular flexibility index (Phi) is 15.1. The Bertz CT molecular complexity index is 1390. The van der Waals surface area contributed by atoms with Crippen molar-refractivity contribution in [2.45, 2.75) is 135 Å². The molecule has 2 aliphatic heterocycles. The van der Waals surface area contributed by atoms with Gasteiger partial charge in [0.2, 0.25) is 11.8 Å². The maximum atomic E-state index is 14.2. The van der Waals surface area contributed by atoms with E-state index in [4.69, 9.17) is 4.84 Å². The molecule has 2 amide bonds. The second kappa shape index (κ2) is 19.2. The molecule has 0 spiro atoms. The molecule has 1 aromatic rings. The maximum absolute atomic E-state index is 14.2. The Hall–Kier alpha value is -3.54. The standard InChI is InChI=1S/C39H59N5O6/c1-6-26(3)35(40-4)36(27-21-22-27)43-23-15-14-20-34(43)38(48)42-32(18-11-9-8-10-16-29(46)7-2)37(47)41-28(25-45)24-31-30-17-12-13-19-33(30)44(50-5)39(31)49/h12-13,17,19,24-26,31-32,34-35,39-40,49H,6-11,14-16,18,20-23H2,1-5H3,(H,41,47)(H,42,48)/b28-24-/t26?,31?,32?,34-,35+,39?/m1/s1. The fourth-order valence-electron chi connectivity index (χ4n) is 7.41. The molecule has 1 aliphatic carbocycles. The summed E-state index contributed by atoms with van der Waals surface area (Å²) in [6.07, 6.45) is 11.4. The van der Waals surface area contributed by atoms with E-state index in [9.17, 15) is 24.3 Å². The van der Waals surface area contributed by atoms with Gasteiger partial charge >= 0.3 is 0 Å². The molecular formula is C39H59N5O6. The van der Waals surface area contributed by atoms with Crippen LogP contribution in [-0.4, -0.2) is 78.9 Å². The van der Waals surface area contributed by atoms with E-state index in [2.05, 4.69) is 34.7 Å². The van der Waals surface area contributed by atoms with Gasteiger partial charge in [-0.1, -0.05) is 64.7 Å². The summed E-state index contributed by atoms with van der Waals surface area (Å²) in [6, 6.07) is 6.23. The van der Waals surface area contributed by atoms with E-state index in [-0.39, 0.29) is 23.4 Å². The van der Waals surface area contributed by atoms with E-state index in [0.29, 0.717) is 50.0 Å². The number of hydroxylamine groups is 1. The number of benzene rings is 1. The first-order valence-electron chi connectivity index (χ1n) is 18.7. The number of aliphatic hydroxyl groups excluding tert-OH is 1. The zero-order valence-electron chi connectivity index (χ0n) is 30.7. The van der Waals surface area contributed by atoms with Crippen molar-refractivity contribution in [1.82, 2.24) is 20.9 Å². The summed E-state index contributed by atoms with van der Waals surface area (Å²) < 4.78 is 0. The Morgan fingerprint density at radius 2 is 1.82 bits per heavy atom. The third-order valence-corrected chi connectivity index (χ3v) is 10.6. The lowest BCUT2D eigenvalue weighted by Gasteiger charge is -2.42. The molecule has 11 nitrogen and oxygen atoms in total. The zero-order chi connectivity index (χ0) is 36.2. The molecule has 4 rings (SSSR count). The lowest BCUT2D eigenvalue weighted by molar-refractivity contribution is -0.132. The highest BCUT2D eigenvalue weighted by Crippen LogP contribution is 2.41. The number of amides is 2. The van der Waals surface area contributed by atoms with E-state index >= 15 is 0 Å². The number of likely N-dealkylation sites (tertiary alicyclic amines) is 1. The summed E-state index contributed by atoms with van der Waals surface area (Å²) >= 11 is 0. The molecule has 2 fully saturated rings. The fourth-order valence-corrected chi connectivity index (χ4v) is 7.41. The molecule has 6 atom stereocenters. The summed E-state index contributed by atoms with van der Waals surface area (Å²) in [5, 5.41) is 21.8. The highest BCUT2D eigenvalue weighted by molar-refractivity contribution is 5.93. The summed E-state index contributed by atoms with van der Waals surface area (Å²) in [5.74, 6) is -0.630. The quantitative estimate of drug-likeness (QED) is 0.0843. The van der Waals surface area contributed by atoms with Crippen molar-refractivity contribution in [2.75, 3.05) is 25.8 Å². The molecule has 1 saturated carbocycles. The van der Waals surface area contributed by atoms with Crippen LogP contribution in [0, 0.1) is 5.92 Å². The average molecular weight is 694 g/mol. The molecule has 4 unspecified atom stereocenters. The number of fused-ring (bicyclic) bond motifs is 1. The predicted molar refractivity (Wildman–Crippen MR) is 195 cm³/mol. The number of likely N-dealkylation sites (N-methyl/N-ethyl adjacent to an activating group) is 1. The van der Waals surface area contributed by atoms with Gasteiger partial charge in [-0.2, -0.15) is 0 Å². The first kappa shape index (κ1) is 39.2. The van der Waals surface area contributed by atoms with Crippen molar-refractivity contribution in [3.8, 4) is 0 Å². The van der Waals surface area contributed by atoms with Gasteiger partial charge in [0, 0.05) is 31.1 Å². The predicted octanol–water partition coefficient (Wildman–Crippen LogP) is 5.01. The third kappa shape index (κ3) is 9.82. The number of allylic oxidation sites excluding steroid dienone is 2. The number of ketones is 1. The maximum Gasteiger partial charge on any atom is 0.247 e. The van der Waals surface area contributed by atoms with Gasteiger partial charge in [-0.3, -0.25) is 24.0 Å². The number of nitrogens with zero attached hydrogens (tertiary/aromatic N) is 2. The van der Waals surface area contributed by atoms with Gasteiger partial charge in [0.15, 0.2) is 12.5 Å². The smallest absolute Gasteiger partial charge is 0.247 e. The van der Waals surface area contributed by atoms with Crippen LogP contribution in [0.5, 0.6) is 0 Å². The van der Waals surface area contributed by atoms with Gasteiger partial charge in [0.05, 0.1) is 24.4 Å². The number of hydrogen-bond donors (Lipinski definition) is 4. The number of aliphatic hydroxyl groups is 1. The number of piperidine rings is 1. The van der Waals surface area contributed by atoms with Gasteiger partial charge in [0.1, 0.15) is 17.9 Å². The molecule has 4 N–H and O–H groups in total. The Morgan fingerprint density at radius 3 is 2.48 bits per heavy atom. The normalized spacial score (nSPS) is 22.0. The van der Waals surface area contributed by atoms with Crippen LogP contribution in [0.2, 0.25) is 0 Å². The Balaban J connectivity index is 1.53. The van der Waals surface area contributed by atoms with Crippen LogP contribution in [0.4, 0.5) is 5.69 Å². The lowest BCUT2D eigenvalue weighted by atomic mass is 9.91. The molecule has 50 heavy (non-hydrogen) atoms. The number of Topliss-reactive ketones (excluding diaryl/α,β-unsaturated/α-hetero) is 1. The van der Waals surface area contributed by atoms with Crippen LogP contribution < -0.4 is 21.0 Å². The van der Waals surface area contributed by atoms with Crippen molar-refractivity contribution in [1.29, 1.82) is 0 Å². The number of unbranched alkanes of at least 4 members (excludes halogenated alkanes) is 3. The summed E-state index contributed by atoms with van der Waals surface area (Å²) in [5.41, 5.74) is 4.10. The molecule has 0 aromatic heterocycles. The average Bonchev–Trinajstić information content (AvgIpc) is 3.94. The number of rotatable bonds is 20. The van der Waals surface area contributed by atoms with Crippen molar-refractivity contribution in [2.24, 2.45) is 5.92 Å². The SMILES string of the molecule is CCC(=O)CCCCCCC(NC(=O)[C@H]1CCCCN1C(=C1CC1)[C@@H](NC)C(C)CC)C(=O)N/C(C=O)=C\C1c2ccccc2N(OC)C1O. The van der Waals surface area contributed by atoms with Crippen molar-refractivity contribution < 1.29 is 29.1 Å². The van der Waals surface area contributed by atoms with Crippen molar-refractivity contribution in [3.05, 3.63) is 52.9 Å². The number of hydrogen-bond acceptors (Lipinski definition) is 9. The van der Waals surface area contributed by atoms with Crippen molar-refractivity contribution >= 4 is 29.6 Å². The molecule has 11 heteroatoms. The first-order chi connectivity index (χ1) is 24.2. The number of carbonyl (C=O) groups excluding carboxylic acids is 4. The van der Waals surface area contributed by atoms with Crippen LogP contribution >= 0.6 is 0 Å². The van der Waals surface area contributed by atoms with Gasteiger partial charge in [-0.25, -0.2) is 5.06 Å². The molecule has 276 valence electrons. The minimum Gasteiger partial charge on any atom is -0.370 e. The largest absolute Gasteiger partial charge is 0.370 e. The molecule has 3 aliphatic rings. The second-order valence-electron chi connectivity index (χ2n) is 14.0. The van der Waals surface area contributed by atoms with E-state index in [0.717, 1.165) is 63.5 Å². The van der Waals surface area contributed by atoms with Crippen LogP contribution in [-0.2, 0) is 24.0 Å². The minimum atomic E-state index is -1.09. The third-order valence-electron chi connectivity index (χ3n) is 10.6. The highest BCUT2D eigenvalue weighted by atomic mass is 16.7. The molecule has 0 radical (unpaired) electrons. The van der Waals surface area contributed by atoms with Gasteiger partial charge in [-0.05, 0) is 81.2 Å². The summed E-state index contributed by atoms with van der Waals surface area (Å²) in [4.78, 5) is 59.9. The topological polar surface area (TPSA) is 140 Å². The number of para-hydroxylation sites is 1. The number of anilines is 1. The lowest BCUT2D eigenvalue weighted by Crippen LogP contribution is -2.56. The first-order valence-corrected chi connectivity index (χ1v) is 18.7. The van der Waals surface area contributed by atoms with Crippen molar-refractivity contribution in [3.63, 3.8) is 0 Å². The molecule has 0 bridgehead atoms. The monoisotopic (exact) mass is 693 g/mol. The molecule has 1 saturated heterocycles. The summed E-state index contributed by atoms with van der Waals surface area (Å²) in [6.45, 7) is 7.10. The van der Waals surface area contributed by atoms with Gasteiger partial charge < -0.3 is 26.0 Å². The zero-order valence-corrected chi connectivity index (χ0v) is 30.7. The van der Waals surface area contributed by atoms with Crippen LogP contribution in [0.15, 0.2) is 47.3 Å². The van der Waals surface area contributed by atoms with E-state index < -0.39 is 30.1 Å². The van der Waals surface area contributed by atoms with Crippen LogP contribution in [0.3, 0.4) is 0 Å². The summed E-state index contributed by atoms with van der Waals surface area (Å²) in [7, 11) is 3.45. The van der Waals surface area contributed by atoms with Crippen LogP contribution in [0.25, 0.3) is 0 Å². The van der Waals surface area contributed by atoms with E-state index in [1.165, 1.54) is 23.4 Å². The number of carbonyl (C=O) groups is 4. The highest BCUT2D eigenvalue weighted by Gasteiger charge is 2.39. The second-order valence-corrected chi connectivity index (χ2v) is 14.0. The molecule has 2 heterocycles. The number of aldehydes is 1.